The van der Waals surface area contributed by atoms with Crippen molar-refractivity contribution >= 4 is 0 Å². The van der Waals surface area contributed by atoms with Crippen molar-refractivity contribution in [2.45, 2.75) is 228 Å². The lowest BCUT2D eigenvalue weighted by molar-refractivity contribution is -0.396. The lowest BCUT2D eigenvalue weighted by atomic mass is 9.94. The summed E-state index contributed by atoms with van der Waals surface area (Å²) < 4.78 is 80.3. The van der Waals surface area contributed by atoms with Crippen LogP contribution in [0.4, 0.5) is 0 Å². The normalized spacial score (nSPS) is 55.4. The molecule has 0 aromatic carbocycles. The van der Waals surface area contributed by atoms with E-state index >= 15 is 0 Å². The number of aliphatic hydroxyl groups excluding tert-OH is 20. The molecule has 0 aromatic rings. The number of hydrogen-bond acceptors (Lipinski definition) is 34. The second-order valence-corrected chi connectivity index (χ2v) is 19.9. The molecule has 21 aliphatic heterocycles. The summed E-state index contributed by atoms with van der Waals surface area (Å²) in [6, 6.07) is 0. The molecule has 21 unspecified atom stereocenters. The third-order valence-electron chi connectivity index (χ3n) is 15.0. The molecule has 34 nitrogen and oxygen atoms in total. The van der Waals surface area contributed by atoms with E-state index in [4.69, 9.17) is 66.3 Å². The fourth-order valence-electron chi connectivity index (χ4n) is 10.6. The zero-order valence-electron chi connectivity index (χ0n) is 40.8. The van der Waals surface area contributed by atoms with Gasteiger partial charge in [0, 0.05) is 0 Å². The first-order valence-corrected chi connectivity index (χ1v) is 25.0. The van der Waals surface area contributed by atoms with Crippen LogP contribution in [0.25, 0.3) is 0 Å². The number of aliphatic hydroxyl groups is 20. The van der Waals surface area contributed by atoms with Gasteiger partial charge in [-0.3, -0.25) is 0 Å². The van der Waals surface area contributed by atoms with Crippen LogP contribution in [0, 0.1) is 0 Å². The van der Waals surface area contributed by atoms with Crippen molar-refractivity contribution in [3.05, 3.63) is 0 Å². The molecule has 0 radical (unpaired) electrons. The summed E-state index contributed by atoms with van der Waals surface area (Å²) in [7, 11) is 0. The van der Waals surface area contributed by atoms with Gasteiger partial charge in [0.2, 0.25) is 0 Å². The maximum atomic E-state index is 11.4. The molecule has 21 aliphatic rings. The quantitative estimate of drug-likeness (QED) is 0.113. The lowest BCUT2D eigenvalue weighted by Gasteiger charge is -2.50. The van der Waals surface area contributed by atoms with Gasteiger partial charge in [0.15, 0.2) is 44.0 Å². The van der Waals surface area contributed by atoms with Crippen LogP contribution in [0.3, 0.4) is 0 Å². The van der Waals surface area contributed by atoms with E-state index in [1.165, 1.54) is 6.92 Å². The summed E-state index contributed by atoms with van der Waals surface area (Å²) in [6.07, 6.45) is -68.1. The largest absolute Gasteiger partial charge is 0.394 e. The maximum absolute atomic E-state index is 11.4. The fourth-order valence-corrected chi connectivity index (χ4v) is 10.6. The van der Waals surface area contributed by atoms with E-state index in [9.17, 15) is 102 Å². The van der Waals surface area contributed by atoms with Crippen LogP contribution < -0.4 is 0 Å². The summed E-state index contributed by atoms with van der Waals surface area (Å²) in [4.78, 5) is 0. The zero-order valence-corrected chi connectivity index (χ0v) is 40.8. The highest BCUT2D eigenvalue weighted by atomic mass is 16.8. The van der Waals surface area contributed by atoms with Crippen molar-refractivity contribution in [3.8, 4) is 0 Å². The van der Waals surface area contributed by atoms with Crippen LogP contribution in [0.2, 0.25) is 0 Å². The molecule has 0 spiro atoms. The Bertz CT molecular complexity index is 1470. The van der Waals surface area contributed by atoms with E-state index in [1.54, 1.807) is 0 Å². The molecule has 0 saturated carbocycles. The van der Waals surface area contributed by atoms with Gasteiger partial charge in [0.25, 0.3) is 0 Å². The van der Waals surface area contributed by atoms with Gasteiger partial charge in [-0.25, -0.2) is 0 Å². The van der Waals surface area contributed by atoms with Crippen LogP contribution in [-0.2, 0) is 66.3 Å². The molecular formula is C43H72O34. The van der Waals surface area contributed by atoms with Gasteiger partial charge in [0.1, 0.15) is 165 Å². The summed E-state index contributed by atoms with van der Waals surface area (Å²) in [5.41, 5.74) is 0. The molecule has 0 aliphatic carbocycles. The van der Waals surface area contributed by atoms with E-state index in [0.29, 0.717) is 0 Å². The average molecular weight is 1130 g/mol. The van der Waals surface area contributed by atoms with Gasteiger partial charge >= 0.3 is 0 Å². The second kappa shape index (κ2) is 26.1. The summed E-state index contributed by atoms with van der Waals surface area (Å²) >= 11 is 0. The smallest absolute Gasteiger partial charge is 0.187 e. The van der Waals surface area contributed by atoms with Crippen molar-refractivity contribution in [1.29, 1.82) is 0 Å². The van der Waals surface area contributed by atoms with Crippen LogP contribution >= 0.6 is 0 Å². The molecule has 35 atom stereocenters. The minimum atomic E-state index is -2.20. The Morgan fingerprint density at radius 2 is 0.325 bits per heavy atom. The molecule has 0 aromatic heterocycles. The first-order chi connectivity index (χ1) is 36.7. The molecule has 0 amide bonds. The monoisotopic (exact) mass is 1130 g/mol. The van der Waals surface area contributed by atoms with Gasteiger partial charge in [0.05, 0.1) is 45.7 Å². The molecule has 21 saturated heterocycles. The Hall–Kier alpha value is -1.36. The third kappa shape index (κ3) is 12.1. The number of rotatable bonds is 7. The van der Waals surface area contributed by atoms with Crippen molar-refractivity contribution in [3.63, 3.8) is 0 Å². The molecule has 21 rings (SSSR count). The van der Waals surface area contributed by atoms with Crippen LogP contribution in [0.15, 0.2) is 0 Å². The average Bonchev–Trinajstić information content (AvgIpc) is 3.45. The van der Waals surface area contributed by atoms with Crippen LogP contribution in [-0.4, -0.2) is 357 Å². The van der Waals surface area contributed by atoms with Crippen molar-refractivity contribution < 1.29 is 168 Å². The SMILES string of the molecule is CC[C@H]1OC2OC3[C@H](O)C(O)C(OC4[C@H](O)C(O)C(OC5[C@H](O)C(O)C(OC6[C@H](O)C(O)C(OC7[C@H](O)C(O)C(OC8[C@H](O)C(O)C(OC1[C@H](O)C2O)O[C@@H]8CO)O[C@@H]7CO)O[C@@H]6CO)O[C@@H]5CO)O[C@@H]4CO)O[C@@H]3CO. The van der Waals surface area contributed by atoms with Gasteiger partial charge in [-0.15, -0.1) is 0 Å². The molecule has 448 valence electrons. The molecular weight excluding hydrogens is 1060 g/mol. The second-order valence-electron chi connectivity index (χ2n) is 19.9. The van der Waals surface area contributed by atoms with Gasteiger partial charge in [-0.1, -0.05) is 6.92 Å². The number of ether oxygens (including phenoxy) is 14. The minimum Gasteiger partial charge on any atom is -0.394 e. The maximum Gasteiger partial charge on any atom is 0.187 e. The molecule has 14 bridgehead atoms. The zero-order chi connectivity index (χ0) is 56.1. The van der Waals surface area contributed by atoms with Crippen molar-refractivity contribution in [2.75, 3.05) is 39.6 Å². The molecule has 20 N–H and O–H groups in total. The summed E-state index contributed by atoms with van der Waals surface area (Å²) in [6.45, 7) is -4.59. The first kappa shape index (κ1) is 61.7. The fraction of sp³-hybridized carbons (Fsp3) is 1.00. The van der Waals surface area contributed by atoms with E-state index in [2.05, 4.69) is 0 Å². The molecule has 21 fully saturated rings. The Morgan fingerprint density at radius 3 is 0.455 bits per heavy atom. The third-order valence-corrected chi connectivity index (χ3v) is 15.0. The minimum absolute atomic E-state index is 0.0468. The predicted molar refractivity (Wildman–Crippen MR) is 232 cm³/mol. The van der Waals surface area contributed by atoms with Gasteiger partial charge in [-0.05, 0) is 6.42 Å². The van der Waals surface area contributed by atoms with E-state index in [0.717, 1.165) is 0 Å². The van der Waals surface area contributed by atoms with Crippen LogP contribution in [0.5, 0.6) is 0 Å². The molecule has 34 heteroatoms. The van der Waals surface area contributed by atoms with Crippen LogP contribution in [0.1, 0.15) is 13.3 Å². The highest BCUT2D eigenvalue weighted by Crippen LogP contribution is 2.39. The van der Waals surface area contributed by atoms with Crippen molar-refractivity contribution in [1.82, 2.24) is 0 Å². The van der Waals surface area contributed by atoms with Gasteiger partial charge in [-0.2, -0.15) is 0 Å². The van der Waals surface area contributed by atoms with Gasteiger partial charge < -0.3 is 168 Å². The van der Waals surface area contributed by atoms with E-state index < -0.39 is 255 Å². The standard InChI is InChI=1S/C43H72O34/c1-2-9-30-16(50)23(57)37(64-9)72-31-10(3-44)66-39(25(59)18(31)52)74-33-12(5-46)68-41(27(61)20(33)54)76-35-14(7-48)70-43(29(63)22(35)56)77-36-15(8-49)69-42(28(62)21(36)55)75-34-13(6-47)67-40(26(60)19(34)53)73-32-11(4-45)65-38(71-30)24(58)17(32)51/h9-63H,2-8H2,1H3/t9-,10-,11-,12-,13-,14-,15-,16-,17-,18-,19-,20-,21-,22-,23?,24?,25?,26?,27?,28?,29?,30?,31?,32?,33?,34?,35?,36?,37?,38?,39?,40?,41?,42?,43?/m1/s1. The summed E-state index contributed by atoms with van der Waals surface area (Å²) in [5, 5.41) is 221. The topological polar surface area (TPSA) is 534 Å². The lowest BCUT2D eigenvalue weighted by Crippen LogP contribution is -2.68. The number of hydrogen-bond donors (Lipinski definition) is 20. The first-order valence-electron chi connectivity index (χ1n) is 25.0. The van der Waals surface area contributed by atoms with E-state index in [-0.39, 0.29) is 6.42 Å². The highest BCUT2D eigenvalue weighted by molar-refractivity contribution is 5.01. The van der Waals surface area contributed by atoms with Crippen molar-refractivity contribution in [2.24, 2.45) is 0 Å². The Morgan fingerprint density at radius 1 is 0.195 bits per heavy atom. The molecule has 21 heterocycles. The predicted octanol–water partition coefficient (Wildman–Crippen LogP) is -13.8. The summed E-state index contributed by atoms with van der Waals surface area (Å²) in [5.74, 6) is 0. The van der Waals surface area contributed by atoms with E-state index in [1.807, 2.05) is 0 Å². The highest BCUT2D eigenvalue weighted by Gasteiger charge is 2.59. The Labute approximate surface area is 435 Å². The Balaban J connectivity index is 1.08. The molecule has 77 heavy (non-hydrogen) atoms. The Kier molecular flexibility index (Phi) is 20.9.